The molecule has 0 spiro atoms. The van der Waals surface area contributed by atoms with Crippen molar-refractivity contribution >= 4 is 33.6 Å². The molecule has 1 N–H and O–H groups in total. The van der Waals surface area contributed by atoms with Gasteiger partial charge in [-0.25, -0.2) is 8.42 Å². The number of rotatable bonds is 3. The topological polar surface area (TPSA) is 129 Å². The molecule has 0 unspecified atom stereocenters. The van der Waals surface area contributed by atoms with Gasteiger partial charge < -0.3 is 19.4 Å². The van der Waals surface area contributed by atoms with Gasteiger partial charge >= 0.3 is 11.8 Å². The number of amides is 3. The van der Waals surface area contributed by atoms with Crippen molar-refractivity contribution in [2.75, 3.05) is 52.5 Å². The van der Waals surface area contributed by atoms with E-state index in [1.54, 1.807) is 23.1 Å². The molecule has 34 heavy (non-hydrogen) atoms. The second-order valence-electron chi connectivity index (χ2n) is 8.79. The third kappa shape index (κ3) is 4.78. The highest BCUT2D eigenvalue weighted by Crippen LogP contribution is 2.24. The third-order valence-corrected chi connectivity index (χ3v) is 7.57. The SMILES string of the molecule is CC(C)[C@H](N=C1NS(=O)(=O)c2ccccc21)C(=O)N1CCN(C(=O)C(=O)N2CCOCC2)CC1. The smallest absolute Gasteiger partial charge is 0.312 e. The van der Waals surface area contributed by atoms with Crippen molar-refractivity contribution in [3.63, 3.8) is 0 Å². The number of carbonyl (C=O) groups is 3. The average Bonchev–Trinajstić information content (AvgIpc) is 3.11. The second-order valence-corrected chi connectivity index (χ2v) is 10.4. The molecule has 3 amide bonds. The fourth-order valence-electron chi connectivity index (χ4n) is 4.21. The average molecular weight is 492 g/mol. The molecule has 0 bridgehead atoms. The van der Waals surface area contributed by atoms with Crippen molar-refractivity contribution in [3.05, 3.63) is 29.8 Å². The maximum absolute atomic E-state index is 13.3. The van der Waals surface area contributed by atoms with Crippen molar-refractivity contribution in [3.8, 4) is 0 Å². The fraction of sp³-hybridized carbons (Fsp3) is 0.545. The number of carbonyl (C=O) groups excluding carboxylic acids is 3. The summed E-state index contributed by atoms with van der Waals surface area (Å²) in [6.45, 7) is 6.37. The van der Waals surface area contributed by atoms with Gasteiger partial charge in [-0.1, -0.05) is 26.0 Å². The Morgan fingerprint density at radius 2 is 1.47 bits per heavy atom. The molecule has 3 aliphatic heterocycles. The highest BCUT2D eigenvalue weighted by Gasteiger charge is 2.36. The quantitative estimate of drug-likeness (QED) is 0.556. The number of ether oxygens (including phenoxy) is 1. The molecule has 3 heterocycles. The predicted molar refractivity (Wildman–Crippen MR) is 122 cm³/mol. The molecule has 2 saturated heterocycles. The van der Waals surface area contributed by atoms with E-state index in [-0.39, 0.29) is 48.7 Å². The summed E-state index contributed by atoms with van der Waals surface area (Å²) in [5.41, 5.74) is 0.443. The summed E-state index contributed by atoms with van der Waals surface area (Å²) < 4.78 is 32.5. The zero-order valence-corrected chi connectivity index (χ0v) is 20.1. The van der Waals surface area contributed by atoms with Crippen LogP contribution in [-0.4, -0.2) is 105 Å². The number of benzene rings is 1. The summed E-state index contributed by atoms with van der Waals surface area (Å²) in [4.78, 5) is 47.7. The number of amidine groups is 1. The van der Waals surface area contributed by atoms with Crippen LogP contribution in [0, 0.1) is 5.92 Å². The summed E-state index contributed by atoms with van der Waals surface area (Å²) in [6, 6.07) is 5.72. The largest absolute Gasteiger partial charge is 0.378 e. The minimum absolute atomic E-state index is 0.140. The van der Waals surface area contributed by atoms with E-state index in [4.69, 9.17) is 4.74 Å². The first kappa shape index (κ1) is 24.1. The van der Waals surface area contributed by atoms with E-state index in [0.717, 1.165) is 0 Å². The Bertz CT molecular complexity index is 1100. The molecule has 0 radical (unpaired) electrons. The monoisotopic (exact) mass is 491 g/mol. The molecule has 4 rings (SSSR count). The molecular formula is C22H29N5O6S. The molecule has 1 aromatic rings. The van der Waals surface area contributed by atoms with Crippen LogP contribution < -0.4 is 4.72 Å². The van der Waals surface area contributed by atoms with Crippen LogP contribution in [0.1, 0.15) is 19.4 Å². The van der Waals surface area contributed by atoms with Crippen LogP contribution in [0.3, 0.4) is 0 Å². The molecule has 1 aromatic carbocycles. The highest BCUT2D eigenvalue weighted by atomic mass is 32.2. The minimum Gasteiger partial charge on any atom is -0.378 e. The summed E-state index contributed by atoms with van der Waals surface area (Å²) >= 11 is 0. The fourth-order valence-corrected chi connectivity index (χ4v) is 5.45. The summed E-state index contributed by atoms with van der Waals surface area (Å²) in [6.07, 6.45) is 0. The zero-order valence-electron chi connectivity index (χ0n) is 19.3. The number of nitrogens with one attached hydrogen (secondary N) is 1. The molecule has 1 atom stereocenters. The van der Waals surface area contributed by atoms with Gasteiger partial charge in [0.05, 0.1) is 18.1 Å². The standard InChI is InChI=1S/C22H29N5O6S/c1-15(2)18(23-19-16-5-3-4-6-17(16)34(31,32)24-19)20(28)25-7-9-26(10-8-25)21(29)22(30)27-11-13-33-14-12-27/h3-6,15,18H,7-14H2,1-2H3,(H,23,24)/t18-/m0/s1. The molecule has 0 saturated carbocycles. The number of nitrogens with zero attached hydrogens (tertiary/aromatic N) is 4. The van der Waals surface area contributed by atoms with Gasteiger partial charge in [-0.05, 0) is 18.1 Å². The van der Waals surface area contributed by atoms with Crippen LogP contribution in [0.4, 0.5) is 0 Å². The Morgan fingerprint density at radius 1 is 0.912 bits per heavy atom. The zero-order chi connectivity index (χ0) is 24.5. The van der Waals surface area contributed by atoms with Gasteiger partial charge in [0.2, 0.25) is 5.91 Å². The van der Waals surface area contributed by atoms with Gasteiger partial charge in [-0.15, -0.1) is 0 Å². The Kier molecular flexibility index (Phi) is 6.89. The van der Waals surface area contributed by atoms with E-state index in [1.165, 1.54) is 15.9 Å². The molecule has 0 aliphatic carbocycles. The molecular weight excluding hydrogens is 462 g/mol. The van der Waals surface area contributed by atoms with Gasteiger partial charge in [0.1, 0.15) is 11.9 Å². The van der Waals surface area contributed by atoms with E-state index in [1.807, 2.05) is 13.8 Å². The number of hydrogen-bond donors (Lipinski definition) is 1. The van der Waals surface area contributed by atoms with E-state index < -0.39 is 27.9 Å². The Balaban J connectivity index is 1.43. The molecule has 11 nitrogen and oxygen atoms in total. The minimum atomic E-state index is -3.70. The number of morpholine rings is 1. The van der Waals surface area contributed by atoms with E-state index in [0.29, 0.717) is 31.9 Å². The summed E-state index contributed by atoms with van der Waals surface area (Å²) in [5, 5.41) is 0. The molecule has 12 heteroatoms. The molecule has 3 aliphatic rings. The van der Waals surface area contributed by atoms with Crippen LogP contribution >= 0.6 is 0 Å². The first-order chi connectivity index (χ1) is 16.2. The number of aliphatic imine (C=N–C) groups is 1. The molecule has 2 fully saturated rings. The van der Waals surface area contributed by atoms with Crippen molar-refractivity contribution in [1.29, 1.82) is 0 Å². The van der Waals surface area contributed by atoms with Crippen LogP contribution in [0.25, 0.3) is 0 Å². The lowest BCUT2D eigenvalue weighted by molar-refractivity contribution is -0.155. The second kappa shape index (κ2) is 9.71. The lowest BCUT2D eigenvalue weighted by Crippen LogP contribution is -2.57. The predicted octanol–water partition coefficient (Wildman–Crippen LogP) is -0.721. The summed E-state index contributed by atoms with van der Waals surface area (Å²) in [5.74, 6) is -1.36. The normalized spacial score (nSPS) is 21.9. The Hall–Kier alpha value is -2.99. The number of piperazine rings is 1. The van der Waals surface area contributed by atoms with Gasteiger partial charge in [-0.3, -0.25) is 24.1 Å². The van der Waals surface area contributed by atoms with Crippen LogP contribution in [-0.2, 0) is 29.1 Å². The van der Waals surface area contributed by atoms with Gasteiger partial charge in [0.15, 0.2) is 0 Å². The van der Waals surface area contributed by atoms with E-state index in [2.05, 4.69) is 9.71 Å². The van der Waals surface area contributed by atoms with Crippen molar-refractivity contribution < 1.29 is 27.5 Å². The van der Waals surface area contributed by atoms with Crippen molar-refractivity contribution in [2.45, 2.75) is 24.8 Å². The maximum Gasteiger partial charge on any atom is 0.312 e. The highest BCUT2D eigenvalue weighted by molar-refractivity contribution is 7.90. The van der Waals surface area contributed by atoms with Crippen LogP contribution in [0.5, 0.6) is 0 Å². The third-order valence-electron chi connectivity index (χ3n) is 6.18. The summed E-state index contributed by atoms with van der Waals surface area (Å²) in [7, 11) is -3.70. The number of hydrogen-bond acceptors (Lipinski definition) is 7. The Labute approximate surface area is 198 Å². The maximum atomic E-state index is 13.3. The first-order valence-electron chi connectivity index (χ1n) is 11.3. The van der Waals surface area contributed by atoms with Gasteiger partial charge in [-0.2, -0.15) is 0 Å². The van der Waals surface area contributed by atoms with Crippen molar-refractivity contribution in [2.24, 2.45) is 10.9 Å². The molecule has 184 valence electrons. The number of sulfonamides is 1. The first-order valence-corrected chi connectivity index (χ1v) is 12.8. The Morgan fingerprint density at radius 3 is 2.09 bits per heavy atom. The lowest BCUT2D eigenvalue weighted by Gasteiger charge is -2.37. The van der Waals surface area contributed by atoms with Crippen LogP contribution in [0.15, 0.2) is 34.2 Å². The lowest BCUT2D eigenvalue weighted by atomic mass is 10.0. The molecule has 0 aromatic heterocycles. The number of fused-ring (bicyclic) bond motifs is 1. The van der Waals surface area contributed by atoms with E-state index >= 15 is 0 Å². The van der Waals surface area contributed by atoms with E-state index in [9.17, 15) is 22.8 Å². The van der Waals surface area contributed by atoms with Crippen LogP contribution in [0.2, 0.25) is 0 Å². The van der Waals surface area contributed by atoms with Crippen molar-refractivity contribution in [1.82, 2.24) is 19.4 Å². The van der Waals surface area contributed by atoms with Gasteiger partial charge in [0.25, 0.3) is 10.0 Å². The van der Waals surface area contributed by atoms with Gasteiger partial charge in [0, 0.05) is 44.8 Å².